The Morgan fingerprint density at radius 3 is 1.26 bits per heavy atom. The smallest absolute Gasteiger partial charge is 0.460 e. The van der Waals surface area contributed by atoms with Crippen molar-refractivity contribution in [2.24, 2.45) is 0 Å². The molecule has 0 aliphatic rings. The first-order valence-corrected chi connectivity index (χ1v) is 11.2. The summed E-state index contributed by atoms with van der Waals surface area (Å²) in [6.45, 7) is 12.8. The molecule has 0 amide bonds. The zero-order valence-electron chi connectivity index (χ0n) is 22.2. The van der Waals surface area contributed by atoms with Gasteiger partial charge in [0.25, 0.3) is 0 Å². The molecule has 0 saturated carbocycles. The summed E-state index contributed by atoms with van der Waals surface area (Å²) >= 11 is 0. The largest absolute Gasteiger partial charge is 0.461 e. The first-order chi connectivity index (χ1) is 18.4. The van der Waals surface area contributed by atoms with Gasteiger partial charge in [-0.1, -0.05) is 27.0 Å². The lowest BCUT2D eigenvalue weighted by Crippen LogP contribution is -2.73. The standard InChI is InChI=1S/C12H7F15O2.C10H19NO2/c1-4(2)5(28)29-3-6(13,14)7(15,16)8(17,18)9(19,20)10(21,22)11(23,24)12(25,26)27;1-5-11(6-2)7-8-13-10(12)9(3)4/h1,3H2,2H3;3,5-8H2,1-2,4H3. The predicted octanol–water partition coefficient (Wildman–Crippen LogP) is 6.93. The van der Waals surface area contributed by atoms with Crippen molar-refractivity contribution in [1.82, 2.24) is 4.90 Å². The molecular weight excluding hydrogens is 627 g/mol. The van der Waals surface area contributed by atoms with E-state index in [1.165, 1.54) is 0 Å². The number of halogens is 15. The Hall–Kier alpha value is -2.67. The number of esters is 2. The third-order valence-corrected chi connectivity index (χ3v) is 5.01. The molecule has 0 N–H and O–H groups in total. The Morgan fingerprint density at radius 2 is 0.929 bits per heavy atom. The average Bonchev–Trinajstić information content (AvgIpc) is 2.83. The summed E-state index contributed by atoms with van der Waals surface area (Å²) in [5.41, 5.74) is -0.350. The van der Waals surface area contributed by atoms with Gasteiger partial charge in [-0.2, -0.15) is 65.9 Å². The minimum atomic E-state index is -8.37. The molecule has 0 rings (SSSR count). The summed E-state index contributed by atoms with van der Waals surface area (Å²) in [6.07, 6.45) is -7.66. The number of hydrogen-bond acceptors (Lipinski definition) is 5. The molecule has 0 aromatic rings. The van der Waals surface area contributed by atoms with Gasteiger partial charge in [0.2, 0.25) is 0 Å². The van der Waals surface area contributed by atoms with E-state index in [4.69, 9.17) is 4.74 Å². The number of carbonyl (C=O) groups excluding carboxylic acids is 2. The van der Waals surface area contributed by atoms with E-state index >= 15 is 0 Å². The van der Waals surface area contributed by atoms with Gasteiger partial charge in [0.15, 0.2) is 6.61 Å². The van der Waals surface area contributed by atoms with Gasteiger partial charge in [0.05, 0.1) is 0 Å². The third-order valence-electron chi connectivity index (χ3n) is 5.01. The van der Waals surface area contributed by atoms with E-state index in [2.05, 4.69) is 36.6 Å². The number of ether oxygens (including phenoxy) is 2. The second-order valence-corrected chi connectivity index (χ2v) is 8.37. The molecule has 0 aromatic heterocycles. The second kappa shape index (κ2) is 14.2. The van der Waals surface area contributed by atoms with Gasteiger partial charge in [0, 0.05) is 17.7 Å². The monoisotopic (exact) mass is 653 g/mol. The number of alkyl halides is 15. The quantitative estimate of drug-likeness (QED) is 0.116. The van der Waals surface area contributed by atoms with E-state index in [0.29, 0.717) is 19.1 Å². The molecule has 0 radical (unpaired) electrons. The molecule has 0 aliphatic carbocycles. The van der Waals surface area contributed by atoms with Crippen LogP contribution < -0.4 is 0 Å². The van der Waals surface area contributed by atoms with Crippen molar-refractivity contribution in [3.05, 3.63) is 24.3 Å². The van der Waals surface area contributed by atoms with E-state index in [1.54, 1.807) is 6.92 Å². The number of carbonyl (C=O) groups is 2. The maximum Gasteiger partial charge on any atom is 0.460 e. The molecule has 0 saturated heterocycles. The van der Waals surface area contributed by atoms with Crippen molar-refractivity contribution in [2.75, 3.05) is 32.8 Å². The molecule has 0 aromatic carbocycles. The molecule has 0 atom stereocenters. The zero-order chi connectivity index (χ0) is 34.3. The van der Waals surface area contributed by atoms with E-state index in [1.807, 2.05) is 0 Å². The van der Waals surface area contributed by atoms with Crippen molar-refractivity contribution in [3.8, 4) is 0 Å². The maximum absolute atomic E-state index is 13.3. The Kier molecular flexibility index (Phi) is 14.0. The zero-order valence-corrected chi connectivity index (χ0v) is 22.2. The summed E-state index contributed by atoms with van der Waals surface area (Å²) in [5.74, 6) is -49.5. The van der Waals surface area contributed by atoms with E-state index < -0.39 is 59.9 Å². The molecule has 0 fully saturated rings. The highest BCUT2D eigenvalue weighted by Gasteiger charge is 2.93. The normalized spacial score (nSPS) is 13.7. The van der Waals surface area contributed by atoms with Gasteiger partial charge < -0.3 is 14.4 Å². The lowest BCUT2D eigenvalue weighted by Gasteiger charge is -2.41. The lowest BCUT2D eigenvalue weighted by atomic mass is 9.91. The van der Waals surface area contributed by atoms with Crippen LogP contribution in [-0.4, -0.2) is 91.4 Å². The number of rotatable bonds is 14. The van der Waals surface area contributed by atoms with Crippen LogP contribution >= 0.6 is 0 Å². The minimum Gasteiger partial charge on any atom is -0.461 e. The molecule has 20 heteroatoms. The van der Waals surface area contributed by atoms with Gasteiger partial charge >= 0.3 is 53.7 Å². The van der Waals surface area contributed by atoms with Crippen LogP contribution in [0.1, 0.15) is 27.7 Å². The summed E-state index contributed by atoms with van der Waals surface area (Å²) in [5, 5.41) is 0. The molecule has 5 nitrogen and oxygen atoms in total. The first-order valence-electron chi connectivity index (χ1n) is 11.2. The topological polar surface area (TPSA) is 55.8 Å². The van der Waals surface area contributed by atoms with E-state index in [9.17, 15) is 75.4 Å². The second-order valence-electron chi connectivity index (χ2n) is 8.37. The predicted molar refractivity (Wildman–Crippen MR) is 115 cm³/mol. The highest BCUT2D eigenvalue weighted by atomic mass is 19.4. The van der Waals surface area contributed by atoms with Crippen LogP contribution in [0.15, 0.2) is 24.3 Å². The van der Waals surface area contributed by atoms with Crippen molar-refractivity contribution in [3.63, 3.8) is 0 Å². The summed E-state index contributed by atoms with van der Waals surface area (Å²) in [4.78, 5) is 23.9. The molecule has 0 heterocycles. The summed E-state index contributed by atoms with van der Waals surface area (Å²) in [6, 6.07) is 0. The highest BCUT2D eigenvalue weighted by Crippen LogP contribution is 2.62. The first kappa shape index (κ1) is 41.5. The van der Waals surface area contributed by atoms with Crippen molar-refractivity contribution < 1.29 is 84.9 Å². The van der Waals surface area contributed by atoms with Gasteiger partial charge in [-0.25, -0.2) is 9.59 Å². The van der Waals surface area contributed by atoms with Gasteiger partial charge in [-0.3, -0.25) is 0 Å². The van der Waals surface area contributed by atoms with Crippen LogP contribution in [0.25, 0.3) is 0 Å². The molecule has 0 spiro atoms. The molecule has 248 valence electrons. The van der Waals surface area contributed by atoms with Crippen molar-refractivity contribution in [1.29, 1.82) is 0 Å². The Morgan fingerprint density at radius 1 is 0.595 bits per heavy atom. The molecular formula is C22H26F15NO4. The number of likely N-dealkylation sites (N-methyl/N-ethyl adjacent to an activating group) is 1. The van der Waals surface area contributed by atoms with Crippen LogP contribution in [0.2, 0.25) is 0 Å². The maximum atomic E-state index is 13.3. The van der Waals surface area contributed by atoms with Crippen LogP contribution in [0, 0.1) is 0 Å². The average molecular weight is 653 g/mol. The molecule has 42 heavy (non-hydrogen) atoms. The fourth-order valence-corrected chi connectivity index (χ4v) is 2.30. The Bertz CT molecular complexity index is 958. The van der Waals surface area contributed by atoms with Crippen LogP contribution in [0.5, 0.6) is 0 Å². The van der Waals surface area contributed by atoms with Gasteiger partial charge in [-0.15, -0.1) is 0 Å². The Labute approximate surface area is 229 Å². The SMILES string of the molecule is C=C(C)C(=O)OCC(F)(F)C(F)(F)C(F)(F)C(F)(F)C(F)(F)C(F)(F)C(F)(F)F.C=C(C)C(=O)OCCN(CC)CC. The van der Waals surface area contributed by atoms with E-state index in [0.717, 1.165) is 19.6 Å². The minimum absolute atomic E-state index is 0.299. The van der Waals surface area contributed by atoms with Gasteiger partial charge in [0.1, 0.15) is 6.61 Å². The van der Waals surface area contributed by atoms with Crippen LogP contribution in [-0.2, 0) is 19.1 Å². The summed E-state index contributed by atoms with van der Waals surface area (Å²) < 4.78 is 201. The fraction of sp³-hybridized carbons (Fsp3) is 0.727. The van der Waals surface area contributed by atoms with Crippen LogP contribution in [0.3, 0.4) is 0 Å². The highest BCUT2D eigenvalue weighted by molar-refractivity contribution is 5.87. The lowest BCUT2D eigenvalue weighted by molar-refractivity contribution is -0.453. The molecule has 0 unspecified atom stereocenters. The third kappa shape index (κ3) is 8.68. The van der Waals surface area contributed by atoms with Gasteiger partial charge in [-0.05, 0) is 26.9 Å². The van der Waals surface area contributed by atoms with Crippen molar-refractivity contribution in [2.45, 2.75) is 69.4 Å². The number of hydrogen-bond donors (Lipinski definition) is 0. The van der Waals surface area contributed by atoms with Crippen LogP contribution in [0.4, 0.5) is 65.9 Å². The Balaban J connectivity index is 0. The fourth-order valence-electron chi connectivity index (χ4n) is 2.30. The molecule has 0 aliphatic heterocycles. The van der Waals surface area contributed by atoms with Crippen molar-refractivity contribution >= 4 is 11.9 Å². The van der Waals surface area contributed by atoms with E-state index in [-0.39, 0.29) is 5.97 Å². The summed E-state index contributed by atoms with van der Waals surface area (Å²) in [7, 11) is 0. The molecule has 0 bridgehead atoms. The number of nitrogens with zero attached hydrogens (tertiary/aromatic N) is 1.